The lowest BCUT2D eigenvalue weighted by atomic mass is 10.1. The molecule has 0 heterocycles. The number of benzene rings is 3. The quantitative estimate of drug-likeness (QED) is 0.480. The van der Waals surface area contributed by atoms with E-state index in [1.54, 1.807) is 36.4 Å². The van der Waals surface area contributed by atoms with Gasteiger partial charge in [0.15, 0.2) is 11.5 Å². The van der Waals surface area contributed by atoms with E-state index in [2.05, 4.69) is 5.32 Å². The molecular formula is C23H22ClNO4. The largest absolute Gasteiger partial charge is 0.493 e. The molecule has 1 N–H and O–H groups in total. The number of methoxy groups -OCH3 is 1. The Morgan fingerprint density at radius 2 is 1.69 bits per heavy atom. The maximum atomic E-state index is 12.6. The molecule has 0 saturated carbocycles. The summed E-state index contributed by atoms with van der Waals surface area (Å²) in [6, 6.07) is 19.8. The first-order chi connectivity index (χ1) is 14.1. The number of ether oxygens (including phenoxy) is 3. The Bertz CT molecular complexity index is 959. The second kappa shape index (κ2) is 9.85. The van der Waals surface area contributed by atoms with Crippen LogP contribution >= 0.6 is 11.6 Å². The fourth-order valence-corrected chi connectivity index (χ4v) is 2.89. The van der Waals surface area contributed by atoms with Crippen molar-refractivity contribution in [1.82, 2.24) is 0 Å². The van der Waals surface area contributed by atoms with E-state index in [0.29, 0.717) is 40.1 Å². The molecule has 0 aliphatic carbocycles. The monoisotopic (exact) mass is 411 g/mol. The zero-order chi connectivity index (χ0) is 20.6. The summed E-state index contributed by atoms with van der Waals surface area (Å²) in [6.07, 6.45) is 0.839. The number of hydrogen-bond acceptors (Lipinski definition) is 4. The number of nitrogens with one attached hydrogen (secondary N) is 1. The summed E-state index contributed by atoms with van der Waals surface area (Å²) in [5, 5.41) is 3.17. The molecule has 5 nitrogen and oxygen atoms in total. The van der Waals surface area contributed by atoms with Gasteiger partial charge < -0.3 is 19.5 Å². The van der Waals surface area contributed by atoms with E-state index in [-0.39, 0.29) is 5.91 Å². The fourth-order valence-electron chi connectivity index (χ4n) is 2.63. The van der Waals surface area contributed by atoms with Crippen LogP contribution in [0.1, 0.15) is 23.7 Å². The molecule has 6 heteroatoms. The number of halogens is 1. The smallest absolute Gasteiger partial charge is 0.255 e. The second-order valence-corrected chi connectivity index (χ2v) is 6.64. The van der Waals surface area contributed by atoms with Gasteiger partial charge in [0.1, 0.15) is 11.5 Å². The summed E-state index contributed by atoms with van der Waals surface area (Å²) in [5.74, 6) is 1.98. The Kier molecular flexibility index (Phi) is 6.98. The summed E-state index contributed by atoms with van der Waals surface area (Å²) in [7, 11) is 1.51. The highest BCUT2D eigenvalue weighted by atomic mass is 35.5. The van der Waals surface area contributed by atoms with Gasteiger partial charge in [0.25, 0.3) is 5.91 Å². The third-order valence-electron chi connectivity index (χ3n) is 4.03. The average molecular weight is 412 g/mol. The fraction of sp³-hybridized carbons (Fsp3) is 0.174. The second-order valence-electron chi connectivity index (χ2n) is 6.23. The molecule has 150 valence electrons. The minimum Gasteiger partial charge on any atom is -0.493 e. The Morgan fingerprint density at radius 1 is 1.00 bits per heavy atom. The predicted molar refractivity (Wildman–Crippen MR) is 115 cm³/mol. The summed E-state index contributed by atoms with van der Waals surface area (Å²) < 4.78 is 16.7. The molecule has 0 fully saturated rings. The molecule has 3 aromatic rings. The molecule has 29 heavy (non-hydrogen) atoms. The molecule has 0 aromatic heterocycles. The molecule has 3 rings (SSSR count). The van der Waals surface area contributed by atoms with Crippen LogP contribution in [0.3, 0.4) is 0 Å². The minimum absolute atomic E-state index is 0.302. The van der Waals surface area contributed by atoms with Gasteiger partial charge in [0, 0.05) is 11.3 Å². The normalized spacial score (nSPS) is 10.3. The maximum Gasteiger partial charge on any atom is 0.255 e. The Morgan fingerprint density at radius 3 is 2.34 bits per heavy atom. The molecule has 0 radical (unpaired) electrons. The third-order valence-corrected chi connectivity index (χ3v) is 4.31. The number of carbonyl (C=O) groups is 1. The van der Waals surface area contributed by atoms with E-state index in [1.807, 2.05) is 37.3 Å². The molecule has 0 aliphatic heterocycles. The minimum atomic E-state index is -0.302. The lowest BCUT2D eigenvalue weighted by Gasteiger charge is -2.14. The van der Waals surface area contributed by atoms with Crippen molar-refractivity contribution in [3.8, 4) is 23.0 Å². The van der Waals surface area contributed by atoms with Crippen LogP contribution in [0.5, 0.6) is 23.0 Å². The van der Waals surface area contributed by atoms with Crippen LogP contribution in [0.25, 0.3) is 0 Å². The first-order valence-corrected chi connectivity index (χ1v) is 9.63. The summed E-state index contributed by atoms with van der Waals surface area (Å²) >= 11 is 6.29. The van der Waals surface area contributed by atoms with E-state index >= 15 is 0 Å². The number of carbonyl (C=O) groups excluding carboxylic acids is 1. The Balaban J connectivity index is 1.70. The summed E-state index contributed by atoms with van der Waals surface area (Å²) in [4.78, 5) is 12.6. The van der Waals surface area contributed by atoms with Crippen molar-refractivity contribution >= 4 is 23.2 Å². The highest BCUT2D eigenvalue weighted by molar-refractivity contribution is 6.32. The molecule has 0 bridgehead atoms. The van der Waals surface area contributed by atoms with Gasteiger partial charge in [-0.15, -0.1) is 0 Å². The summed E-state index contributed by atoms with van der Waals surface area (Å²) in [6.45, 7) is 2.51. The van der Waals surface area contributed by atoms with E-state index in [9.17, 15) is 4.79 Å². The number of hydrogen-bond donors (Lipinski definition) is 1. The Hall–Kier alpha value is -3.18. The van der Waals surface area contributed by atoms with Crippen LogP contribution in [0.4, 0.5) is 5.69 Å². The van der Waals surface area contributed by atoms with E-state index in [0.717, 1.165) is 12.2 Å². The third kappa shape index (κ3) is 5.42. The van der Waals surface area contributed by atoms with Crippen molar-refractivity contribution in [3.05, 3.63) is 77.3 Å². The zero-order valence-electron chi connectivity index (χ0n) is 16.3. The van der Waals surface area contributed by atoms with Crippen LogP contribution in [-0.2, 0) is 0 Å². The van der Waals surface area contributed by atoms with E-state index in [4.69, 9.17) is 25.8 Å². The molecule has 0 atom stereocenters. The standard InChI is InChI=1S/C23H22ClNO4/c1-3-13-28-22-20(24)14-16(15-21(22)27-2)23(26)25-17-9-11-19(12-10-17)29-18-7-5-4-6-8-18/h4-12,14-15H,3,13H2,1-2H3,(H,25,26). The van der Waals surface area contributed by atoms with Crippen molar-refractivity contribution in [2.24, 2.45) is 0 Å². The highest BCUT2D eigenvalue weighted by Gasteiger charge is 2.16. The van der Waals surface area contributed by atoms with Crippen molar-refractivity contribution in [2.45, 2.75) is 13.3 Å². The molecule has 3 aromatic carbocycles. The highest BCUT2D eigenvalue weighted by Crippen LogP contribution is 2.36. The van der Waals surface area contributed by atoms with Crippen molar-refractivity contribution in [3.63, 3.8) is 0 Å². The Labute approximate surface area is 175 Å². The van der Waals surface area contributed by atoms with Crippen LogP contribution in [0, 0.1) is 0 Å². The summed E-state index contributed by atoms with van der Waals surface area (Å²) in [5.41, 5.74) is 1.01. The molecule has 0 unspecified atom stereocenters. The number of anilines is 1. The lowest BCUT2D eigenvalue weighted by molar-refractivity contribution is 0.102. The number of para-hydroxylation sites is 1. The predicted octanol–water partition coefficient (Wildman–Crippen LogP) is 6.18. The van der Waals surface area contributed by atoms with Gasteiger partial charge in [-0.2, -0.15) is 0 Å². The van der Waals surface area contributed by atoms with Gasteiger partial charge in [0.05, 0.1) is 18.7 Å². The van der Waals surface area contributed by atoms with Gasteiger partial charge in [-0.1, -0.05) is 36.7 Å². The van der Waals surface area contributed by atoms with E-state index in [1.165, 1.54) is 7.11 Å². The maximum absolute atomic E-state index is 12.6. The molecule has 1 amide bonds. The number of rotatable bonds is 8. The van der Waals surface area contributed by atoms with Crippen molar-refractivity contribution < 1.29 is 19.0 Å². The van der Waals surface area contributed by atoms with Gasteiger partial charge in [0.2, 0.25) is 0 Å². The van der Waals surface area contributed by atoms with Crippen molar-refractivity contribution in [1.29, 1.82) is 0 Å². The van der Waals surface area contributed by atoms with E-state index < -0.39 is 0 Å². The SMILES string of the molecule is CCCOc1c(Cl)cc(C(=O)Nc2ccc(Oc3ccccc3)cc2)cc1OC. The van der Waals surface area contributed by atoms with Crippen molar-refractivity contribution in [2.75, 3.05) is 19.0 Å². The zero-order valence-corrected chi connectivity index (χ0v) is 17.0. The van der Waals surface area contributed by atoms with Crippen LogP contribution in [0.15, 0.2) is 66.7 Å². The first-order valence-electron chi connectivity index (χ1n) is 9.25. The van der Waals surface area contributed by atoms with Gasteiger partial charge in [-0.25, -0.2) is 0 Å². The molecule has 0 spiro atoms. The average Bonchev–Trinajstić information content (AvgIpc) is 2.74. The topological polar surface area (TPSA) is 56.8 Å². The first kappa shape index (κ1) is 20.6. The van der Waals surface area contributed by atoms with Gasteiger partial charge in [-0.3, -0.25) is 4.79 Å². The molecular weight excluding hydrogens is 390 g/mol. The number of amides is 1. The van der Waals surface area contributed by atoms with Gasteiger partial charge >= 0.3 is 0 Å². The molecule has 0 aliphatic rings. The van der Waals surface area contributed by atoms with Crippen LogP contribution in [0.2, 0.25) is 5.02 Å². The van der Waals surface area contributed by atoms with Crippen LogP contribution < -0.4 is 19.5 Å². The van der Waals surface area contributed by atoms with Gasteiger partial charge in [-0.05, 0) is 55.0 Å². The van der Waals surface area contributed by atoms with Crippen LogP contribution in [-0.4, -0.2) is 19.6 Å². The molecule has 0 saturated heterocycles. The lowest BCUT2D eigenvalue weighted by Crippen LogP contribution is -2.12.